The van der Waals surface area contributed by atoms with E-state index < -0.39 is 48.4 Å². The predicted octanol–water partition coefficient (Wildman–Crippen LogP) is 7.19. The van der Waals surface area contributed by atoms with Gasteiger partial charge in [0.05, 0.1) is 39.5 Å². The Morgan fingerprint density at radius 1 is 1.09 bits per heavy atom. The average molecular weight is 659 g/mol. The van der Waals surface area contributed by atoms with Gasteiger partial charge < -0.3 is 25.6 Å². The highest BCUT2D eigenvalue weighted by Crippen LogP contribution is 2.39. The van der Waals surface area contributed by atoms with E-state index in [9.17, 15) is 35.5 Å². The summed E-state index contributed by atoms with van der Waals surface area (Å²) in [6, 6.07) is 7.42. The van der Waals surface area contributed by atoms with Crippen molar-refractivity contribution in [2.45, 2.75) is 57.5 Å². The largest absolute Gasteiger partial charge is 0.482 e. The minimum atomic E-state index is -4.70. The lowest BCUT2D eigenvalue weighted by Gasteiger charge is -2.35. The van der Waals surface area contributed by atoms with Gasteiger partial charge in [-0.1, -0.05) is 24.0 Å². The van der Waals surface area contributed by atoms with Gasteiger partial charge in [-0.2, -0.15) is 26.3 Å². The Labute approximate surface area is 260 Å². The number of nitrogens with one attached hydrogen (secondary N) is 3. The van der Waals surface area contributed by atoms with Crippen LogP contribution in [0.2, 0.25) is 0 Å². The van der Waals surface area contributed by atoms with Gasteiger partial charge in [0.1, 0.15) is 11.6 Å². The maximum absolute atomic E-state index is 14.6. The van der Waals surface area contributed by atoms with Crippen LogP contribution in [0.5, 0.6) is 5.75 Å². The van der Waals surface area contributed by atoms with Gasteiger partial charge in [0.15, 0.2) is 6.61 Å². The molecule has 3 N–H and O–H groups in total. The van der Waals surface area contributed by atoms with E-state index in [2.05, 4.69) is 46.5 Å². The molecule has 0 radical (unpaired) electrons. The number of likely N-dealkylation sites (tertiary alicyclic amines) is 1. The zero-order chi connectivity index (χ0) is 32.9. The highest BCUT2D eigenvalue weighted by molar-refractivity contribution is 7.20. The van der Waals surface area contributed by atoms with Gasteiger partial charge in [-0.3, -0.25) is 4.79 Å². The number of carbonyl (C=O) groups excluding carboxylic acids is 1. The van der Waals surface area contributed by atoms with Crippen LogP contribution in [0.1, 0.15) is 47.5 Å². The molecule has 1 fully saturated rings. The number of alkyl halides is 6. The summed E-state index contributed by atoms with van der Waals surface area (Å²) < 4.78 is 99.4. The topological polar surface area (TPSA) is 65.6 Å². The predicted molar refractivity (Wildman–Crippen MR) is 162 cm³/mol. The number of hydrogen-bond donors (Lipinski definition) is 3. The summed E-state index contributed by atoms with van der Waals surface area (Å²) in [6.07, 6.45) is -8.60. The number of ether oxygens (including phenoxy) is 1. The molecule has 3 aromatic rings. The van der Waals surface area contributed by atoms with Crippen molar-refractivity contribution in [3.8, 4) is 17.6 Å². The summed E-state index contributed by atoms with van der Waals surface area (Å²) >= 11 is 1.13. The average Bonchev–Trinajstić information content (AvgIpc) is 3.30. The first-order valence-electron chi connectivity index (χ1n) is 14.2. The van der Waals surface area contributed by atoms with Crippen molar-refractivity contribution in [1.29, 1.82) is 0 Å². The molecular weight excluding hydrogens is 625 g/mol. The number of thiophene rings is 1. The Morgan fingerprint density at radius 2 is 1.80 bits per heavy atom. The van der Waals surface area contributed by atoms with Crippen LogP contribution in [-0.2, 0) is 6.42 Å². The number of rotatable bonds is 9. The Kier molecular flexibility index (Phi) is 10.8. The van der Waals surface area contributed by atoms with E-state index >= 15 is 0 Å². The van der Waals surface area contributed by atoms with Crippen molar-refractivity contribution in [1.82, 2.24) is 10.2 Å². The third-order valence-corrected chi connectivity index (χ3v) is 8.51. The van der Waals surface area contributed by atoms with Crippen molar-refractivity contribution in [3.63, 3.8) is 0 Å². The van der Waals surface area contributed by atoms with Gasteiger partial charge in [-0.15, -0.1) is 11.3 Å². The van der Waals surface area contributed by atoms with Crippen LogP contribution >= 0.6 is 11.3 Å². The van der Waals surface area contributed by atoms with Crippen molar-refractivity contribution >= 4 is 38.7 Å². The minimum Gasteiger partial charge on any atom is -0.482 e. The molecule has 0 spiro atoms. The number of fused-ring (bicyclic) bond motifs is 1. The standard InChI is InChI=1S/C31H33F7N4O2S/c1-18(2)42-12-9-19(10-13-42)41-24-7-4-6-20-22(16-30(33,34)35)27(45-28(20)24)8-5-11-40-25-15-23(32)21(29(43)39-3)14-26(25)44-17-31(36,37)38/h4,6-7,14-15,18-19,40-41H,9-13,16-17H2,1-3H3,(H,39,43). The molecule has 45 heavy (non-hydrogen) atoms. The van der Waals surface area contributed by atoms with Gasteiger partial charge in [0.25, 0.3) is 5.91 Å². The third-order valence-electron chi connectivity index (χ3n) is 7.32. The molecular formula is C31H33F7N4O2S. The highest BCUT2D eigenvalue weighted by Gasteiger charge is 2.32. The van der Waals surface area contributed by atoms with E-state index in [1.54, 1.807) is 12.1 Å². The second-order valence-corrected chi connectivity index (χ2v) is 11.9. The molecule has 1 aliphatic rings. The van der Waals surface area contributed by atoms with E-state index in [4.69, 9.17) is 4.74 Å². The number of piperidine rings is 1. The lowest BCUT2D eigenvalue weighted by Crippen LogP contribution is -2.42. The number of hydrogen-bond acceptors (Lipinski definition) is 6. The molecule has 0 unspecified atom stereocenters. The van der Waals surface area contributed by atoms with E-state index in [1.807, 2.05) is 6.07 Å². The number of anilines is 2. The summed E-state index contributed by atoms with van der Waals surface area (Å²) in [6.45, 7) is 4.16. The van der Waals surface area contributed by atoms with Gasteiger partial charge in [0.2, 0.25) is 0 Å². The van der Waals surface area contributed by atoms with Crippen LogP contribution in [0.25, 0.3) is 10.1 Å². The van der Waals surface area contributed by atoms with Crippen LogP contribution in [0.4, 0.5) is 42.1 Å². The highest BCUT2D eigenvalue weighted by atomic mass is 32.1. The zero-order valence-corrected chi connectivity index (χ0v) is 25.6. The molecule has 0 bridgehead atoms. The molecule has 244 valence electrons. The smallest absolute Gasteiger partial charge is 0.422 e. The normalized spacial score (nSPS) is 14.7. The van der Waals surface area contributed by atoms with Crippen molar-refractivity contribution in [3.05, 3.63) is 52.2 Å². The Bertz CT molecular complexity index is 1570. The lowest BCUT2D eigenvalue weighted by molar-refractivity contribution is -0.153. The molecule has 2 aromatic carbocycles. The summed E-state index contributed by atoms with van der Waals surface area (Å²) in [5.74, 6) is 3.14. The van der Waals surface area contributed by atoms with E-state index in [-0.39, 0.29) is 28.7 Å². The van der Waals surface area contributed by atoms with Crippen molar-refractivity contribution < 1.29 is 40.3 Å². The number of carbonyl (C=O) groups is 1. The quantitative estimate of drug-likeness (QED) is 0.168. The summed E-state index contributed by atoms with van der Waals surface area (Å²) in [5, 5.41) is 8.79. The van der Waals surface area contributed by atoms with E-state index in [1.165, 1.54) is 7.05 Å². The van der Waals surface area contributed by atoms with Gasteiger partial charge in [0, 0.05) is 38.3 Å². The van der Waals surface area contributed by atoms with Crippen LogP contribution in [0, 0.1) is 17.7 Å². The van der Waals surface area contributed by atoms with Gasteiger partial charge in [-0.25, -0.2) is 4.39 Å². The summed E-state index contributed by atoms with van der Waals surface area (Å²) in [7, 11) is 1.23. The van der Waals surface area contributed by atoms with Crippen LogP contribution in [0.3, 0.4) is 0 Å². The molecule has 4 rings (SSSR count). The molecule has 0 saturated carbocycles. The first-order chi connectivity index (χ1) is 21.1. The fourth-order valence-electron chi connectivity index (χ4n) is 5.08. The molecule has 1 amide bonds. The first kappa shape index (κ1) is 34.2. The van der Waals surface area contributed by atoms with Crippen LogP contribution in [0.15, 0.2) is 30.3 Å². The number of nitrogens with zero attached hydrogens (tertiary/aromatic N) is 1. The first-order valence-corrected chi connectivity index (χ1v) is 15.1. The Hall–Kier alpha value is -3.70. The molecule has 0 atom stereocenters. The van der Waals surface area contributed by atoms with Crippen LogP contribution < -0.4 is 20.7 Å². The molecule has 2 heterocycles. The third kappa shape index (κ3) is 9.17. The maximum Gasteiger partial charge on any atom is 0.422 e. The fraction of sp³-hybridized carbons (Fsp3) is 0.452. The summed E-state index contributed by atoms with van der Waals surface area (Å²) in [4.78, 5) is 14.5. The van der Waals surface area contributed by atoms with Gasteiger partial charge in [-0.05, 0) is 49.8 Å². The molecule has 1 aromatic heterocycles. The van der Waals surface area contributed by atoms with Gasteiger partial charge >= 0.3 is 12.4 Å². The number of amides is 1. The van der Waals surface area contributed by atoms with Crippen molar-refractivity contribution in [2.24, 2.45) is 0 Å². The molecule has 1 aliphatic heterocycles. The SMILES string of the molecule is CNC(=O)c1cc(OCC(F)(F)F)c(NCC#Cc2sc3c(NC4CCN(C(C)C)CC4)cccc3c2CC(F)(F)F)cc1F. The molecule has 1 saturated heterocycles. The monoisotopic (exact) mass is 658 g/mol. The Balaban J connectivity index is 1.59. The molecule has 6 nitrogen and oxygen atoms in total. The van der Waals surface area contributed by atoms with Crippen LogP contribution in [-0.4, -0.2) is 68.5 Å². The second kappa shape index (κ2) is 14.2. The van der Waals surface area contributed by atoms with Crippen molar-refractivity contribution in [2.75, 3.05) is 43.9 Å². The number of halogens is 7. The minimum absolute atomic E-state index is 0.0310. The maximum atomic E-state index is 14.6. The molecule has 0 aliphatic carbocycles. The lowest BCUT2D eigenvalue weighted by atomic mass is 10.0. The van der Waals surface area contributed by atoms with E-state index in [0.717, 1.165) is 55.1 Å². The number of benzene rings is 2. The van der Waals surface area contributed by atoms with E-state index in [0.29, 0.717) is 16.1 Å². The second-order valence-electron chi connectivity index (χ2n) is 10.9. The zero-order valence-electron chi connectivity index (χ0n) is 24.8. The fourth-order valence-corrected chi connectivity index (χ4v) is 6.26. The Morgan fingerprint density at radius 3 is 2.42 bits per heavy atom. The molecule has 14 heteroatoms. The summed E-state index contributed by atoms with van der Waals surface area (Å²) in [5.41, 5.74) is 0.0282.